The summed E-state index contributed by atoms with van der Waals surface area (Å²) in [6.45, 7) is 5.42. The number of primary amides is 1. The van der Waals surface area contributed by atoms with E-state index < -0.39 is 5.91 Å². The summed E-state index contributed by atoms with van der Waals surface area (Å²) in [5.74, 6) is 0.662. The Morgan fingerprint density at radius 3 is 2.78 bits per heavy atom. The van der Waals surface area contributed by atoms with Gasteiger partial charge in [0.15, 0.2) is 0 Å². The maximum atomic E-state index is 11.6. The highest BCUT2D eigenvalue weighted by Crippen LogP contribution is 2.31. The van der Waals surface area contributed by atoms with Crippen LogP contribution in [0, 0.1) is 5.92 Å². The number of fused-ring (bicyclic) bond motifs is 1. The van der Waals surface area contributed by atoms with Crippen LogP contribution >= 0.6 is 0 Å². The molecule has 0 atom stereocenters. The molecule has 122 valence electrons. The van der Waals surface area contributed by atoms with Gasteiger partial charge in [-0.1, -0.05) is 13.0 Å². The second-order valence-electron chi connectivity index (χ2n) is 5.98. The predicted octanol–water partition coefficient (Wildman–Crippen LogP) is 1.69. The largest absolute Gasteiger partial charge is 0.404 e. The number of piperidine rings is 1. The highest BCUT2D eigenvalue weighted by Gasteiger charge is 2.24. The van der Waals surface area contributed by atoms with Crippen LogP contribution in [-0.2, 0) is 0 Å². The lowest BCUT2D eigenvalue weighted by atomic mass is 9.89. The van der Waals surface area contributed by atoms with Gasteiger partial charge in [-0.25, -0.2) is 4.98 Å². The fraction of sp³-hybridized carbons (Fsp3) is 0.412. The molecule has 0 saturated carbocycles. The van der Waals surface area contributed by atoms with Crippen LogP contribution in [0.5, 0.6) is 0 Å². The third-order valence-electron chi connectivity index (χ3n) is 4.71. The number of benzene rings is 1. The minimum atomic E-state index is -0.469. The van der Waals surface area contributed by atoms with Crippen molar-refractivity contribution in [3.8, 4) is 0 Å². The van der Waals surface area contributed by atoms with Crippen LogP contribution in [-0.4, -0.2) is 40.4 Å². The smallest absolute Gasteiger partial charge is 0.250 e. The molecule has 6 heteroatoms. The standard InChI is InChI=1S/C17H23N5O/c1-2-22-8-6-11(7-9-22)13(10-18)17-20-14-5-3-4-12(16(19)23)15(14)21-17/h3-5,10-11H,2,6-9,18H2,1H3,(H2,19,23)(H,20,21). The van der Waals surface area contributed by atoms with Crippen molar-refractivity contribution < 1.29 is 4.79 Å². The first-order valence-electron chi connectivity index (χ1n) is 8.07. The van der Waals surface area contributed by atoms with Crippen molar-refractivity contribution >= 4 is 22.5 Å². The summed E-state index contributed by atoms with van der Waals surface area (Å²) in [4.78, 5) is 21.9. The zero-order chi connectivity index (χ0) is 16.4. The van der Waals surface area contributed by atoms with Crippen molar-refractivity contribution in [3.05, 3.63) is 35.8 Å². The first-order chi connectivity index (χ1) is 11.1. The average molecular weight is 313 g/mol. The third kappa shape index (κ3) is 2.94. The Hall–Kier alpha value is -2.34. The normalized spacial score (nSPS) is 17.7. The van der Waals surface area contributed by atoms with Crippen molar-refractivity contribution in [2.45, 2.75) is 19.8 Å². The Kier molecular flexibility index (Phi) is 4.34. The zero-order valence-corrected chi connectivity index (χ0v) is 13.4. The van der Waals surface area contributed by atoms with Crippen LogP contribution in [0.25, 0.3) is 16.6 Å². The van der Waals surface area contributed by atoms with Gasteiger partial charge >= 0.3 is 0 Å². The summed E-state index contributed by atoms with van der Waals surface area (Å²) in [5, 5.41) is 0. The molecule has 0 bridgehead atoms. The fourth-order valence-corrected chi connectivity index (χ4v) is 3.34. The number of hydrogen-bond acceptors (Lipinski definition) is 4. The van der Waals surface area contributed by atoms with Crippen molar-refractivity contribution in [1.82, 2.24) is 14.9 Å². The van der Waals surface area contributed by atoms with Gasteiger partial charge in [-0.3, -0.25) is 4.79 Å². The number of aromatic nitrogens is 2. The molecule has 5 N–H and O–H groups in total. The lowest BCUT2D eigenvalue weighted by Gasteiger charge is -2.31. The van der Waals surface area contributed by atoms with Gasteiger partial charge in [0.05, 0.1) is 11.1 Å². The number of hydrogen-bond donors (Lipinski definition) is 3. The van der Waals surface area contributed by atoms with E-state index >= 15 is 0 Å². The number of H-pyrrole nitrogens is 1. The van der Waals surface area contributed by atoms with Crippen molar-refractivity contribution in [1.29, 1.82) is 0 Å². The van der Waals surface area contributed by atoms with E-state index in [9.17, 15) is 4.79 Å². The molecule has 0 aliphatic carbocycles. The topological polar surface area (TPSA) is 101 Å². The third-order valence-corrected chi connectivity index (χ3v) is 4.71. The molecular weight excluding hydrogens is 290 g/mol. The Labute approximate surface area is 135 Å². The van der Waals surface area contributed by atoms with E-state index in [0.29, 0.717) is 17.0 Å². The van der Waals surface area contributed by atoms with Crippen molar-refractivity contribution in [3.63, 3.8) is 0 Å². The highest BCUT2D eigenvalue weighted by atomic mass is 16.1. The number of nitrogens with one attached hydrogen (secondary N) is 1. The average Bonchev–Trinajstić information content (AvgIpc) is 2.99. The zero-order valence-electron chi connectivity index (χ0n) is 13.4. The van der Waals surface area contributed by atoms with Crippen molar-refractivity contribution in [2.24, 2.45) is 17.4 Å². The summed E-state index contributed by atoms with van der Waals surface area (Å²) >= 11 is 0. The molecule has 2 heterocycles. The number of rotatable bonds is 4. The Balaban J connectivity index is 1.92. The molecule has 1 aliphatic heterocycles. The molecule has 1 aromatic carbocycles. The van der Waals surface area contributed by atoms with E-state index in [4.69, 9.17) is 11.5 Å². The summed E-state index contributed by atoms with van der Waals surface area (Å²) in [5.41, 5.74) is 14.2. The minimum absolute atomic E-state index is 0.389. The quantitative estimate of drug-likeness (QED) is 0.799. The Bertz CT molecular complexity index is 741. The first kappa shape index (κ1) is 15.6. The Morgan fingerprint density at radius 2 is 2.17 bits per heavy atom. The van der Waals surface area contributed by atoms with Gasteiger partial charge in [-0.15, -0.1) is 0 Å². The first-order valence-corrected chi connectivity index (χ1v) is 8.07. The molecule has 3 rings (SSSR count). The van der Waals surface area contributed by atoms with Crippen LogP contribution in [0.4, 0.5) is 0 Å². The van der Waals surface area contributed by atoms with Crippen LogP contribution < -0.4 is 11.5 Å². The van der Waals surface area contributed by atoms with Gasteiger partial charge in [-0.05, 0) is 50.5 Å². The van der Waals surface area contributed by atoms with Gasteiger partial charge < -0.3 is 21.4 Å². The molecule has 1 aliphatic rings. The molecule has 0 radical (unpaired) electrons. The van der Waals surface area contributed by atoms with Crippen molar-refractivity contribution in [2.75, 3.05) is 19.6 Å². The molecule has 0 spiro atoms. The van der Waals surface area contributed by atoms with Gasteiger partial charge in [0.25, 0.3) is 5.91 Å². The van der Waals surface area contributed by atoms with Crippen LogP contribution in [0.2, 0.25) is 0 Å². The number of likely N-dealkylation sites (tertiary alicyclic amines) is 1. The number of nitrogens with two attached hydrogens (primary N) is 2. The fourth-order valence-electron chi connectivity index (χ4n) is 3.34. The summed E-state index contributed by atoms with van der Waals surface area (Å²) in [6, 6.07) is 5.39. The number of aromatic amines is 1. The number of allylic oxidation sites excluding steroid dienone is 1. The van der Waals surface area contributed by atoms with Gasteiger partial charge in [-0.2, -0.15) is 0 Å². The van der Waals surface area contributed by atoms with Crippen LogP contribution in [0.15, 0.2) is 24.4 Å². The minimum Gasteiger partial charge on any atom is -0.404 e. The summed E-state index contributed by atoms with van der Waals surface area (Å²) < 4.78 is 0. The second-order valence-corrected chi connectivity index (χ2v) is 5.98. The van der Waals surface area contributed by atoms with E-state index in [1.807, 2.05) is 6.07 Å². The second kappa shape index (κ2) is 6.42. The van der Waals surface area contributed by atoms with E-state index in [2.05, 4.69) is 21.8 Å². The molecule has 1 fully saturated rings. The Morgan fingerprint density at radius 1 is 1.43 bits per heavy atom. The molecule has 0 unspecified atom stereocenters. The molecule has 6 nitrogen and oxygen atoms in total. The number of imidazole rings is 1. The molecular formula is C17H23N5O. The monoisotopic (exact) mass is 313 g/mol. The SMILES string of the molecule is CCN1CCC(C(=CN)c2nc3c(C(N)=O)cccc3[nH]2)CC1. The number of nitrogens with zero attached hydrogens (tertiary/aromatic N) is 2. The summed E-state index contributed by atoms with van der Waals surface area (Å²) in [7, 11) is 0. The number of carbonyl (C=O) groups is 1. The molecule has 1 aromatic heterocycles. The molecule has 1 saturated heterocycles. The summed E-state index contributed by atoms with van der Waals surface area (Å²) in [6.07, 6.45) is 3.78. The van der Waals surface area contributed by atoms with Crippen LogP contribution in [0.1, 0.15) is 35.9 Å². The lowest BCUT2D eigenvalue weighted by molar-refractivity contribution is 0.100. The maximum absolute atomic E-state index is 11.6. The predicted molar refractivity (Wildman–Crippen MR) is 91.6 cm³/mol. The van der Waals surface area contributed by atoms with Crippen LogP contribution in [0.3, 0.4) is 0 Å². The van der Waals surface area contributed by atoms with E-state index in [0.717, 1.165) is 49.4 Å². The molecule has 2 aromatic rings. The van der Waals surface area contributed by atoms with Gasteiger partial charge in [0, 0.05) is 11.8 Å². The van der Waals surface area contributed by atoms with Gasteiger partial charge in [0.2, 0.25) is 0 Å². The highest BCUT2D eigenvalue weighted by molar-refractivity contribution is 6.04. The van der Waals surface area contributed by atoms with E-state index in [1.165, 1.54) is 0 Å². The van der Waals surface area contributed by atoms with Gasteiger partial charge in [0.1, 0.15) is 11.3 Å². The molecule has 1 amide bonds. The maximum Gasteiger partial charge on any atom is 0.250 e. The lowest BCUT2D eigenvalue weighted by Crippen LogP contribution is -2.34. The van der Waals surface area contributed by atoms with E-state index in [-0.39, 0.29) is 0 Å². The van der Waals surface area contributed by atoms with E-state index in [1.54, 1.807) is 18.3 Å². The molecule has 23 heavy (non-hydrogen) atoms. The number of para-hydroxylation sites is 1. The number of carbonyl (C=O) groups excluding carboxylic acids is 1. The number of amides is 1.